The fourth-order valence-corrected chi connectivity index (χ4v) is 11.8. The van der Waals surface area contributed by atoms with Crippen LogP contribution in [0.3, 0.4) is 0 Å². The van der Waals surface area contributed by atoms with Crippen LogP contribution in [0.1, 0.15) is 65.2 Å². The summed E-state index contributed by atoms with van der Waals surface area (Å²) in [6.07, 6.45) is 7.23. The molecular weight excluding hydrogens is 562 g/mol. The van der Waals surface area contributed by atoms with E-state index in [1.54, 1.807) is 6.08 Å². The molecule has 0 aromatic carbocycles. The zero-order chi connectivity index (χ0) is 29.3. The predicted octanol–water partition coefficient (Wildman–Crippen LogP) is 2.12. The van der Waals surface area contributed by atoms with E-state index in [4.69, 9.17) is 18.9 Å². The van der Waals surface area contributed by atoms with Crippen molar-refractivity contribution >= 4 is 29.9 Å². The molecule has 4 aliphatic carbocycles. The van der Waals surface area contributed by atoms with Crippen LogP contribution in [0.15, 0.2) is 23.3 Å². The highest BCUT2D eigenvalue weighted by molar-refractivity contribution is 8.01. The normalized spacial score (nSPS) is 54.4. The number of esters is 1. The molecule has 8 aliphatic rings. The Kier molecular flexibility index (Phi) is 5.89. The fourth-order valence-electron chi connectivity index (χ4n) is 10.5. The number of fused-ring (bicyclic) bond motifs is 8. The Hall–Kier alpha value is -1.76. The standard InChI is InChI=1S/C31H39NO9S/c1-16-11-30(32-24(34)14-42-30)31(37)26(39-16)40-22-10-18-3-4-21-20(28(18,15-33)12-23(22)41-31)5-7-27(2)19(6-8-29(21,27)36)17-9-25(35)38-13-17/h3,9,15-16,19-23,26,36-37H,4-8,10-14H2,1-2H3,(H,32,34)/t16-,19-,20+,21-,22?,23-,26+,27-,28-,29+,30+,31-/m1/s1. The Morgan fingerprint density at radius 3 is 2.64 bits per heavy atom. The molecule has 1 unspecified atom stereocenters. The van der Waals surface area contributed by atoms with E-state index >= 15 is 0 Å². The highest BCUT2D eigenvalue weighted by atomic mass is 32.2. The number of allylic oxidation sites excluding steroid dienone is 1. The molecule has 10 nitrogen and oxygen atoms in total. The maximum absolute atomic E-state index is 13.3. The topological polar surface area (TPSA) is 141 Å². The van der Waals surface area contributed by atoms with Crippen molar-refractivity contribution in [3.05, 3.63) is 23.3 Å². The molecule has 4 aliphatic heterocycles. The van der Waals surface area contributed by atoms with Crippen LogP contribution in [-0.4, -0.2) is 81.6 Å². The van der Waals surface area contributed by atoms with E-state index in [2.05, 4.69) is 18.3 Å². The molecular formula is C31H39NO9S. The van der Waals surface area contributed by atoms with Gasteiger partial charge in [0.25, 0.3) is 5.79 Å². The van der Waals surface area contributed by atoms with Crippen LogP contribution >= 0.6 is 11.8 Å². The van der Waals surface area contributed by atoms with Gasteiger partial charge >= 0.3 is 5.97 Å². The molecule has 3 saturated carbocycles. The van der Waals surface area contributed by atoms with Gasteiger partial charge in [0, 0.05) is 17.9 Å². The largest absolute Gasteiger partial charge is 0.458 e. The zero-order valence-corrected chi connectivity index (χ0v) is 24.8. The Bertz CT molecular complexity index is 1320. The highest BCUT2D eigenvalue weighted by Gasteiger charge is 2.72. The highest BCUT2D eigenvalue weighted by Crippen LogP contribution is 2.69. The Labute approximate surface area is 248 Å². The molecule has 11 heteroatoms. The van der Waals surface area contributed by atoms with Crippen molar-refractivity contribution in [2.75, 3.05) is 12.4 Å². The molecule has 0 bridgehead atoms. The first-order chi connectivity index (χ1) is 20.0. The first-order valence-electron chi connectivity index (χ1n) is 15.4. The van der Waals surface area contributed by atoms with Crippen LogP contribution in [0.5, 0.6) is 0 Å². The number of nitrogens with one attached hydrogen (secondary N) is 1. The summed E-state index contributed by atoms with van der Waals surface area (Å²) in [7, 11) is 0. The fraction of sp³-hybridized carbons (Fsp3) is 0.774. The molecule has 3 N–H and O–H groups in total. The van der Waals surface area contributed by atoms with E-state index in [-0.39, 0.29) is 41.5 Å². The molecule has 12 atom stereocenters. The molecule has 8 rings (SSSR count). The third-order valence-corrected chi connectivity index (χ3v) is 14.0. The molecule has 1 amide bonds. The maximum Gasteiger partial charge on any atom is 0.331 e. The van der Waals surface area contributed by atoms with Crippen molar-refractivity contribution in [1.29, 1.82) is 0 Å². The van der Waals surface area contributed by atoms with Gasteiger partial charge < -0.3 is 39.3 Å². The third kappa shape index (κ3) is 3.38. The van der Waals surface area contributed by atoms with Gasteiger partial charge in [0.05, 0.1) is 35.1 Å². The molecule has 4 heterocycles. The van der Waals surface area contributed by atoms with E-state index in [1.807, 2.05) is 6.92 Å². The van der Waals surface area contributed by atoms with Crippen LogP contribution in [0.2, 0.25) is 0 Å². The van der Waals surface area contributed by atoms with Gasteiger partial charge in [-0.1, -0.05) is 18.6 Å². The van der Waals surface area contributed by atoms with Crippen molar-refractivity contribution in [3.63, 3.8) is 0 Å². The van der Waals surface area contributed by atoms with Crippen molar-refractivity contribution in [3.8, 4) is 0 Å². The molecule has 6 fully saturated rings. The molecule has 1 spiro atoms. The van der Waals surface area contributed by atoms with Crippen LogP contribution in [0, 0.1) is 28.6 Å². The Morgan fingerprint density at radius 1 is 1.10 bits per heavy atom. The molecule has 0 aromatic heterocycles. The summed E-state index contributed by atoms with van der Waals surface area (Å²) < 4.78 is 24.3. The number of aliphatic hydroxyl groups is 2. The molecule has 42 heavy (non-hydrogen) atoms. The smallest absolute Gasteiger partial charge is 0.331 e. The van der Waals surface area contributed by atoms with Crippen molar-refractivity contribution in [1.82, 2.24) is 5.32 Å². The lowest BCUT2D eigenvalue weighted by Gasteiger charge is -2.63. The number of cyclic esters (lactones) is 1. The second-order valence-electron chi connectivity index (χ2n) is 14.2. The molecule has 228 valence electrons. The number of amides is 1. The van der Waals surface area contributed by atoms with Gasteiger partial charge in [0.15, 0.2) is 0 Å². The maximum atomic E-state index is 13.3. The second kappa shape index (κ2) is 8.91. The summed E-state index contributed by atoms with van der Waals surface area (Å²) in [5.41, 5.74) is -0.264. The summed E-state index contributed by atoms with van der Waals surface area (Å²) in [5, 5.41) is 27.6. The monoisotopic (exact) mass is 601 g/mol. The SMILES string of the molecule is C[C@@H]1C[C@@]2(NC(=O)CS2)[C@]2(O)O[C@@H]3C[C@@]4(C=O)C(=CC[C@@H]5[C@@H]4CC[C@]4(C)[C@@H](C6=CC(=O)OC6)CC[C@]54O)CC3O[C@@H]2O1. The zero-order valence-electron chi connectivity index (χ0n) is 24.0. The third-order valence-electron chi connectivity index (χ3n) is 12.5. The summed E-state index contributed by atoms with van der Waals surface area (Å²) in [6, 6.07) is 0. The van der Waals surface area contributed by atoms with Gasteiger partial charge in [-0.2, -0.15) is 0 Å². The number of rotatable bonds is 2. The lowest BCUT2D eigenvalue weighted by Crippen LogP contribution is -2.76. The van der Waals surface area contributed by atoms with Gasteiger partial charge in [0.2, 0.25) is 12.2 Å². The van der Waals surface area contributed by atoms with Crippen LogP contribution in [0.4, 0.5) is 0 Å². The average Bonchev–Trinajstić information content (AvgIpc) is 3.62. The van der Waals surface area contributed by atoms with Crippen LogP contribution in [0.25, 0.3) is 0 Å². The van der Waals surface area contributed by atoms with E-state index in [0.717, 1.165) is 36.7 Å². The van der Waals surface area contributed by atoms with E-state index in [0.29, 0.717) is 38.7 Å². The minimum Gasteiger partial charge on any atom is -0.458 e. The number of ether oxygens (including phenoxy) is 4. The Balaban J connectivity index is 1.12. The minimum atomic E-state index is -1.91. The van der Waals surface area contributed by atoms with Crippen molar-refractivity contribution in [2.24, 2.45) is 28.6 Å². The minimum absolute atomic E-state index is 0.0634. The summed E-state index contributed by atoms with van der Waals surface area (Å²) >= 11 is 1.32. The molecule has 0 radical (unpaired) electrons. The number of carbonyl (C=O) groups excluding carboxylic acids is 3. The summed E-state index contributed by atoms with van der Waals surface area (Å²) in [5.74, 6) is -2.33. The van der Waals surface area contributed by atoms with Gasteiger partial charge in [-0.15, -0.1) is 11.8 Å². The van der Waals surface area contributed by atoms with E-state index in [9.17, 15) is 24.6 Å². The lowest BCUT2D eigenvalue weighted by atomic mass is 9.45. The van der Waals surface area contributed by atoms with Gasteiger partial charge in [-0.05, 0) is 75.2 Å². The number of thioether (sulfide) groups is 1. The van der Waals surface area contributed by atoms with Crippen molar-refractivity contribution in [2.45, 2.75) is 106 Å². The summed E-state index contributed by atoms with van der Waals surface area (Å²) in [6.45, 7) is 4.34. The van der Waals surface area contributed by atoms with Crippen LogP contribution < -0.4 is 5.32 Å². The average molecular weight is 602 g/mol. The number of hydrogen-bond donors (Lipinski definition) is 3. The van der Waals surface area contributed by atoms with Gasteiger partial charge in [0.1, 0.15) is 17.8 Å². The number of hydrogen-bond acceptors (Lipinski definition) is 10. The predicted molar refractivity (Wildman–Crippen MR) is 148 cm³/mol. The van der Waals surface area contributed by atoms with Crippen LogP contribution in [-0.2, 0) is 33.3 Å². The lowest BCUT2D eigenvalue weighted by molar-refractivity contribution is -0.443. The molecule has 0 aromatic rings. The first-order valence-corrected chi connectivity index (χ1v) is 16.4. The van der Waals surface area contributed by atoms with E-state index < -0.39 is 45.6 Å². The molecule has 3 saturated heterocycles. The van der Waals surface area contributed by atoms with Gasteiger partial charge in [-0.3, -0.25) is 4.79 Å². The van der Waals surface area contributed by atoms with E-state index in [1.165, 1.54) is 11.8 Å². The van der Waals surface area contributed by atoms with Gasteiger partial charge in [-0.25, -0.2) is 4.79 Å². The number of carbonyl (C=O) groups is 3. The summed E-state index contributed by atoms with van der Waals surface area (Å²) in [4.78, 5) is 36.4. The number of aldehydes is 1. The quantitative estimate of drug-likeness (QED) is 0.245. The Morgan fingerprint density at radius 2 is 1.93 bits per heavy atom. The second-order valence-corrected chi connectivity index (χ2v) is 15.5. The first kappa shape index (κ1) is 27.8. The van der Waals surface area contributed by atoms with Crippen molar-refractivity contribution < 1.29 is 43.5 Å².